The fraction of sp³-hybridized carbons (Fsp3) is 0.200. The number of halogens is 2. The molecule has 14 heavy (non-hydrogen) atoms. The highest BCUT2D eigenvalue weighted by molar-refractivity contribution is 6.51. The molecule has 1 aromatic carbocycles. The van der Waals surface area contributed by atoms with E-state index in [2.05, 4.69) is 0 Å². The van der Waals surface area contributed by atoms with Gasteiger partial charge in [0.25, 0.3) is 0 Å². The van der Waals surface area contributed by atoms with Gasteiger partial charge in [-0.05, 0) is 30.7 Å². The van der Waals surface area contributed by atoms with Crippen LogP contribution in [0.5, 0.6) is 0 Å². The minimum absolute atomic E-state index is 0.176. The average molecular weight is 215 g/mol. The standard InChI is InChI=1S/C10H8ClFO2/c1-6-4-7(2-3-8(6)12)10(14)9(13)5-11/h2-4H,5H2,1H3. The monoisotopic (exact) mass is 214 g/mol. The van der Waals surface area contributed by atoms with E-state index in [1.54, 1.807) is 0 Å². The maximum Gasteiger partial charge on any atom is 0.229 e. The lowest BCUT2D eigenvalue weighted by Crippen LogP contribution is -2.15. The fourth-order valence-corrected chi connectivity index (χ4v) is 1.13. The van der Waals surface area contributed by atoms with Crippen molar-refractivity contribution in [3.05, 3.63) is 35.1 Å². The second-order valence-corrected chi connectivity index (χ2v) is 3.12. The summed E-state index contributed by atoms with van der Waals surface area (Å²) in [4.78, 5) is 22.2. The lowest BCUT2D eigenvalue weighted by atomic mass is 10.1. The zero-order chi connectivity index (χ0) is 10.7. The van der Waals surface area contributed by atoms with Gasteiger partial charge < -0.3 is 0 Å². The van der Waals surface area contributed by atoms with Crippen molar-refractivity contribution in [2.24, 2.45) is 0 Å². The highest BCUT2D eigenvalue weighted by atomic mass is 35.5. The molecule has 0 aliphatic carbocycles. The van der Waals surface area contributed by atoms with E-state index in [0.717, 1.165) is 6.07 Å². The molecule has 0 saturated carbocycles. The van der Waals surface area contributed by atoms with Gasteiger partial charge in [-0.2, -0.15) is 0 Å². The van der Waals surface area contributed by atoms with E-state index >= 15 is 0 Å². The number of carbonyl (C=O) groups is 2. The van der Waals surface area contributed by atoms with Gasteiger partial charge in [0.1, 0.15) is 5.82 Å². The van der Waals surface area contributed by atoms with Crippen LogP contribution in [0.1, 0.15) is 15.9 Å². The van der Waals surface area contributed by atoms with Crippen LogP contribution >= 0.6 is 11.6 Å². The van der Waals surface area contributed by atoms with E-state index in [1.807, 2.05) is 0 Å². The third-order valence-electron chi connectivity index (χ3n) is 1.79. The number of hydrogen-bond acceptors (Lipinski definition) is 2. The summed E-state index contributed by atoms with van der Waals surface area (Å²) < 4.78 is 12.8. The molecule has 1 rings (SSSR count). The Labute approximate surface area is 85.7 Å². The van der Waals surface area contributed by atoms with Gasteiger partial charge in [-0.1, -0.05) is 0 Å². The molecule has 0 heterocycles. The zero-order valence-electron chi connectivity index (χ0n) is 7.51. The van der Waals surface area contributed by atoms with Crippen molar-refractivity contribution in [1.29, 1.82) is 0 Å². The maximum absolute atomic E-state index is 12.8. The largest absolute Gasteiger partial charge is 0.289 e. The lowest BCUT2D eigenvalue weighted by Gasteiger charge is -2.00. The number of carbonyl (C=O) groups excluding carboxylic acids is 2. The van der Waals surface area contributed by atoms with Gasteiger partial charge >= 0.3 is 0 Å². The van der Waals surface area contributed by atoms with Gasteiger partial charge in [0.05, 0.1) is 5.88 Å². The highest BCUT2D eigenvalue weighted by Crippen LogP contribution is 2.10. The number of rotatable bonds is 3. The first-order valence-corrected chi connectivity index (χ1v) is 4.49. The van der Waals surface area contributed by atoms with Crippen LogP contribution in [0.2, 0.25) is 0 Å². The van der Waals surface area contributed by atoms with E-state index < -0.39 is 17.4 Å². The molecule has 74 valence electrons. The normalized spacial score (nSPS) is 9.93. The number of ketones is 2. The minimum Gasteiger partial charge on any atom is -0.289 e. The Morgan fingerprint density at radius 2 is 2.07 bits per heavy atom. The molecule has 0 aromatic heterocycles. The number of hydrogen-bond donors (Lipinski definition) is 0. The second-order valence-electron chi connectivity index (χ2n) is 2.85. The molecule has 0 spiro atoms. The zero-order valence-corrected chi connectivity index (χ0v) is 8.27. The highest BCUT2D eigenvalue weighted by Gasteiger charge is 2.15. The van der Waals surface area contributed by atoms with E-state index in [4.69, 9.17) is 11.6 Å². The van der Waals surface area contributed by atoms with Crippen molar-refractivity contribution >= 4 is 23.2 Å². The Kier molecular flexibility index (Phi) is 3.36. The van der Waals surface area contributed by atoms with Crippen LogP contribution in [0.3, 0.4) is 0 Å². The van der Waals surface area contributed by atoms with Crippen LogP contribution in [0.15, 0.2) is 18.2 Å². The van der Waals surface area contributed by atoms with E-state index in [0.29, 0.717) is 5.56 Å². The third kappa shape index (κ3) is 2.17. The predicted molar refractivity (Wildman–Crippen MR) is 51.2 cm³/mol. The summed E-state index contributed by atoms with van der Waals surface area (Å²) in [5.74, 6) is -2.12. The molecule has 0 bridgehead atoms. The fourth-order valence-electron chi connectivity index (χ4n) is 1.01. The molecular weight excluding hydrogens is 207 g/mol. The summed E-state index contributed by atoms with van der Waals surface area (Å²) in [7, 11) is 0. The van der Waals surface area contributed by atoms with Gasteiger partial charge in [0.2, 0.25) is 11.6 Å². The summed E-state index contributed by atoms with van der Waals surface area (Å²) in [5.41, 5.74) is 0.507. The SMILES string of the molecule is Cc1cc(C(=O)C(=O)CCl)ccc1F. The lowest BCUT2D eigenvalue weighted by molar-refractivity contribution is -0.112. The second kappa shape index (κ2) is 4.33. The van der Waals surface area contributed by atoms with Crippen LogP contribution in [-0.4, -0.2) is 17.4 Å². The van der Waals surface area contributed by atoms with Crippen LogP contribution in [0.4, 0.5) is 4.39 Å². The van der Waals surface area contributed by atoms with Crippen molar-refractivity contribution in [3.8, 4) is 0 Å². The van der Waals surface area contributed by atoms with Gasteiger partial charge in [-0.25, -0.2) is 4.39 Å². The average Bonchev–Trinajstić information content (AvgIpc) is 2.20. The predicted octanol–water partition coefficient (Wildman–Crippen LogP) is 2.12. The van der Waals surface area contributed by atoms with Crippen molar-refractivity contribution in [3.63, 3.8) is 0 Å². The molecule has 4 heteroatoms. The molecule has 0 unspecified atom stereocenters. The van der Waals surface area contributed by atoms with Crippen LogP contribution < -0.4 is 0 Å². The quantitative estimate of drug-likeness (QED) is 0.439. The van der Waals surface area contributed by atoms with Crippen molar-refractivity contribution in [1.82, 2.24) is 0 Å². The number of benzene rings is 1. The number of aryl methyl sites for hydroxylation is 1. The summed E-state index contributed by atoms with van der Waals surface area (Å²) in [6.07, 6.45) is 0. The van der Waals surface area contributed by atoms with Gasteiger partial charge in [0.15, 0.2) is 0 Å². The van der Waals surface area contributed by atoms with Crippen molar-refractivity contribution in [2.45, 2.75) is 6.92 Å². The summed E-state index contributed by atoms with van der Waals surface area (Å²) in [5, 5.41) is 0. The minimum atomic E-state index is -0.683. The molecule has 0 saturated heterocycles. The molecule has 0 fully saturated rings. The number of Topliss-reactive ketones (excluding diaryl/α,β-unsaturated/α-hetero) is 2. The molecule has 0 aliphatic heterocycles. The summed E-state index contributed by atoms with van der Waals surface area (Å²) in [6.45, 7) is 1.53. The molecule has 0 aliphatic rings. The smallest absolute Gasteiger partial charge is 0.229 e. The topological polar surface area (TPSA) is 34.1 Å². The molecule has 2 nitrogen and oxygen atoms in total. The van der Waals surface area contributed by atoms with Crippen LogP contribution in [0, 0.1) is 12.7 Å². The van der Waals surface area contributed by atoms with E-state index in [-0.39, 0.29) is 11.4 Å². The first kappa shape index (κ1) is 10.9. The molecule has 0 amide bonds. The Bertz CT molecular complexity index is 388. The Hall–Kier alpha value is -1.22. The van der Waals surface area contributed by atoms with Crippen molar-refractivity contribution < 1.29 is 14.0 Å². The Morgan fingerprint density at radius 3 is 2.57 bits per heavy atom. The van der Waals surface area contributed by atoms with Crippen LogP contribution in [0.25, 0.3) is 0 Å². The molecule has 0 atom stereocenters. The Balaban J connectivity index is 3.03. The Morgan fingerprint density at radius 1 is 1.43 bits per heavy atom. The van der Waals surface area contributed by atoms with Gasteiger partial charge in [-0.15, -0.1) is 11.6 Å². The molecule has 0 N–H and O–H groups in total. The molecular formula is C10H8ClFO2. The third-order valence-corrected chi connectivity index (χ3v) is 2.04. The summed E-state index contributed by atoms with van der Waals surface area (Å²) >= 11 is 5.22. The van der Waals surface area contributed by atoms with E-state index in [9.17, 15) is 14.0 Å². The molecule has 0 radical (unpaired) electrons. The van der Waals surface area contributed by atoms with Gasteiger partial charge in [0, 0.05) is 5.56 Å². The van der Waals surface area contributed by atoms with Crippen LogP contribution in [-0.2, 0) is 4.79 Å². The first-order chi connectivity index (χ1) is 6.56. The maximum atomic E-state index is 12.8. The van der Waals surface area contributed by atoms with Gasteiger partial charge in [-0.3, -0.25) is 9.59 Å². The number of alkyl halides is 1. The summed E-state index contributed by atoms with van der Waals surface area (Å²) in [6, 6.07) is 3.77. The van der Waals surface area contributed by atoms with Crippen molar-refractivity contribution in [2.75, 3.05) is 5.88 Å². The molecule has 1 aromatic rings. The first-order valence-electron chi connectivity index (χ1n) is 3.96. The van der Waals surface area contributed by atoms with E-state index in [1.165, 1.54) is 19.1 Å².